The zero-order valence-corrected chi connectivity index (χ0v) is 10.2. The van der Waals surface area contributed by atoms with Crippen LogP contribution in [0.25, 0.3) is 0 Å². The Labute approximate surface area is 86.5 Å². The standard InChI is InChI=1S/C8H21NO4Si/c1-11-14(12-2,13-3)8(4-6-9)5-7-10/h8,10H,4-7,9H2,1-3H3. The zero-order chi connectivity index (χ0) is 11.0. The summed E-state index contributed by atoms with van der Waals surface area (Å²) in [5.41, 5.74) is 5.56. The second-order valence-electron chi connectivity index (χ2n) is 3.00. The molecule has 0 aliphatic carbocycles. The molecule has 0 aromatic carbocycles. The Morgan fingerprint density at radius 3 is 1.93 bits per heavy atom. The van der Waals surface area contributed by atoms with Gasteiger partial charge in [-0.25, -0.2) is 0 Å². The molecule has 0 radical (unpaired) electrons. The van der Waals surface area contributed by atoms with Gasteiger partial charge in [0.25, 0.3) is 0 Å². The van der Waals surface area contributed by atoms with Crippen LogP contribution in [0.2, 0.25) is 5.54 Å². The number of rotatable bonds is 8. The second kappa shape index (κ2) is 7.33. The van der Waals surface area contributed by atoms with Gasteiger partial charge in [0.2, 0.25) is 0 Å². The largest absolute Gasteiger partial charge is 0.503 e. The van der Waals surface area contributed by atoms with Crippen molar-refractivity contribution in [2.75, 3.05) is 34.5 Å². The summed E-state index contributed by atoms with van der Waals surface area (Å²) in [6.45, 7) is 0.630. The minimum absolute atomic E-state index is 0.0671. The van der Waals surface area contributed by atoms with Crippen molar-refractivity contribution in [3.63, 3.8) is 0 Å². The average molecular weight is 223 g/mol. The summed E-state index contributed by atoms with van der Waals surface area (Å²) < 4.78 is 16.0. The SMILES string of the molecule is CO[Si](OC)(OC)C(CCN)CCO. The van der Waals surface area contributed by atoms with Crippen molar-refractivity contribution < 1.29 is 18.4 Å². The van der Waals surface area contributed by atoms with Crippen molar-refractivity contribution in [3.05, 3.63) is 0 Å². The molecule has 0 aliphatic heterocycles. The first kappa shape index (κ1) is 14.0. The average Bonchev–Trinajstić information content (AvgIpc) is 2.22. The van der Waals surface area contributed by atoms with Gasteiger partial charge in [-0.2, -0.15) is 0 Å². The molecule has 86 valence electrons. The van der Waals surface area contributed by atoms with E-state index in [0.29, 0.717) is 13.0 Å². The molecule has 0 rings (SSSR count). The van der Waals surface area contributed by atoms with E-state index >= 15 is 0 Å². The molecule has 1 atom stereocenters. The van der Waals surface area contributed by atoms with Gasteiger partial charge in [-0.1, -0.05) is 0 Å². The van der Waals surface area contributed by atoms with Crippen LogP contribution in [0, 0.1) is 0 Å². The molecule has 5 nitrogen and oxygen atoms in total. The predicted molar refractivity (Wildman–Crippen MR) is 55.9 cm³/mol. The van der Waals surface area contributed by atoms with Gasteiger partial charge in [0, 0.05) is 33.5 Å². The molecule has 3 N–H and O–H groups in total. The highest BCUT2D eigenvalue weighted by molar-refractivity contribution is 6.62. The van der Waals surface area contributed by atoms with Crippen LogP contribution >= 0.6 is 0 Å². The van der Waals surface area contributed by atoms with Gasteiger partial charge in [-0.15, -0.1) is 0 Å². The summed E-state index contributed by atoms with van der Waals surface area (Å²) in [6.07, 6.45) is 1.33. The van der Waals surface area contributed by atoms with Crippen molar-refractivity contribution in [3.8, 4) is 0 Å². The van der Waals surface area contributed by atoms with Crippen molar-refractivity contribution >= 4 is 8.80 Å². The second-order valence-corrected chi connectivity index (χ2v) is 6.25. The van der Waals surface area contributed by atoms with Crippen LogP contribution in [-0.2, 0) is 13.3 Å². The summed E-state index contributed by atoms with van der Waals surface area (Å²) in [4.78, 5) is 0. The first-order chi connectivity index (χ1) is 6.70. The van der Waals surface area contributed by atoms with Gasteiger partial charge in [0.1, 0.15) is 0 Å². The van der Waals surface area contributed by atoms with Crippen LogP contribution in [0.4, 0.5) is 0 Å². The summed E-state index contributed by atoms with van der Waals surface area (Å²) in [6, 6.07) is 0. The van der Waals surface area contributed by atoms with Crippen LogP contribution in [0.15, 0.2) is 0 Å². The quantitative estimate of drug-likeness (QED) is 0.565. The lowest BCUT2D eigenvalue weighted by atomic mass is 10.2. The third kappa shape index (κ3) is 3.30. The molecule has 0 spiro atoms. The molecule has 14 heavy (non-hydrogen) atoms. The molecule has 0 saturated carbocycles. The number of aliphatic hydroxyl groups is 1. The normalized spacial score (nSPS) is 14.4. The third-order valence-corrected chi connectivity index (χ3v) is 5.63. The van der Waals surface area contributed by atoms with Crippen molar-refractivity contribution in [1.29, 1.82) is 0 Å². The van der Waals surface area contributed by atoms with E-state index in [-0.39, 0.29) is 12.1 Å². The first-order valence-corrected chi connectivity index (χ1v) is 6.47. The van der Waals surface area contributed by atoms with E-state index in [4.69, 9.17) is 24.1 Å². The molecule has 0 aromatic rings. The fraction of sp³-hybridized carbons (Fsp3) is 1.00. The summed E-state index contributed by atoms with van der Waals surface area (Å²) in [7, 11) is 2.08. The first-order valence-electron chi connectivity index (χ1n) is 4.67. The van der Waals surface area contributed by atoms with Crippen LogP contribution < -0.4 is 5.73 Å². The molecule has 0 heterocycles. The Hall–Kier alpha value is 0.0169. The summed E-state index contributed by atoms with van der Waals surface area (Å²) >= 11 is 0. The van der Waals surface area contributed by atoms with Gasteiger partial charge in [0.15, 0.2) is 0 Å². The van der Waals surface area contributed by atoms with Gasteiger partial charge in [-0.05, 0) is 19.4 Å². The summed E-state index contributed by atoms with van der Waals surface area (Å²) in [5.74, 6) is 0. The molecule has 0 fully saturated rings. The van der Waals surface area contributed by atoms with Crippen LogP contribution in [0.3, 0.4) is 0 Å². The minimum Gasteiger partial charge on any atom is -0.396 e. The third-order valence-electron chi connectivity index (χ3n) is 2.35. The Bertz CT molecular complexity index is 129. The van der Waals surface area contributed by atoms with Crippen LogP contribution in [0.1, 0.15) is 12.8 Å². The topological polar surface area (TPSA) is 73.9 Å². The molecule has 6 heteroatoms. The molecule has 0 aromatic heterocycles. The van der Waals surface area contributed by atoms with E-state index < -0.39 is 8.80 Å². The van der Waals surface area contributed by atoms with E-state index in [1.165, 1.54) is 0 Å². The van der Waals surface area contributed by atoms with Gasteiger partial charge in [0.05, 0.1) is 0 Å². The van der Waals surface area contributed by atoms with E-state index in [1.54, 1.807) is 21.3 Å². The molecular formula is C8H21NO4Si. The number of nitrogens with two attached hydrogens (primary N) is 1. The highest BCUT2D eigenvalue weighted by Crippen LogP contribution is 2.29. The van der Waals surface area contributed by atoms with Crippen LogP contribution in [-0.4, -0.2) is 48.4 Å². The molecule has 0 saturated heterocycles. The lowest BCUT2D eigenvalue weighted by molar-refractivity contribution is 0.104. The molecule has 0 amide bonds. The smallest absolute Gasteiger partial charge is 0.396 e. The van der Waals surface area contributed by atoms with Crippen LogP contribution in [0.5, 0.6) is 0 Å². The van der Waals surface area contributed by atoms with E-state index in [9.17, 15) is 0 Å². The van der Waals surface area contributed by atoms with Gasteiger partial charge in [-0.3, -0.25) is 0 Å². The van der Waals surface area contributed by atoms with Gasteiger partial charge >= 0.3 is 8.80 Å². The Balaban J connectivity index is 4.52. The van der Waals surface area contributed by atoms with Crippen molar-refractivity contribution in [1.82, 2.24) is 0 Å². The van der Waals surface area contributed by atoms with E-state index in [2.05, 4.69) is 0 Å². The molecular weight excluding hydrogens is 202 g/mol. The maximum absolute atomic E-state index is 8.93. The van der Waals surface area contributed by atoms with Gasteiger partial charge < -0.3 is 24.1 Å². The van der Waals surface area contributed by atoms with Crippen molar-refractivity contribution in [2.45, 2.75) is 18.4 Å². The van der Waals surface area contributed by atoms with E-state index in [1.807, 2.05) is 0 Å². The number of hydrogen-bond acceptors (Lipinski definition) is 5. The lowest BCUT2D eigenvalue weighted by Gasteiger charge is -2.31. The molecule has 0 bridgehead atoms. The fourth-order valence-corrected chi connectivity index (χ4v) is 4.11. The monoisotopic (exact) mass is 223 g/mol. The lowest BCUT2D eigenvalue weighted by Crippen LogP contribution is -2.48. The predicted octanol–water partition coefficient (Wildman–Crippen LogP) is -0.0341. The summed E-state index contributed by atoms with van der Waals surface area (Å²) in [5, 5.41) is 8.93. The maximum atomic E-state index is 8.93. The molecule has 0 aliphatic rings. The van der Waals surface area contributed by atoms with E-state index in [0.717, 1.165) is 6.42 Å². The van der Waals surface area contributed by atoms with Crippen molar-refractivity contribution in [2.24, 2.45) is 5.73 Å². The minimum atomic E-state index is -2.63. The Morgan fingerprint density at radius 1 is 1.14 bits per heavy atom. The highest BCUT2D eigenvalue weighted by atomic mass is 28.4. The Morgan fingerprint density at radius 2 is 1.64 bits per heavy atom. The molecule has 1 unspecified atom stereocenters. The number of hydrogen-bond donors (Lipinski definition) is 2. The fourth-order valence-electron chi connectivity index (χ4n) is 1.60. The highest BCUT2D eigenvalue weighted by Gasteiger charge is 2.46. The maximum Gasteiger partial charge on any atom is 0.503 e. The zero-order valence-electron chi connectivity index (χ0n) is 9.16. The Kier molecular flexibility index (Phi) is 7.34. The number of aliphatic hydroxyl groups excluding tert-OH is 1.